The Morgan fingerprint density at radius 3 is 2.81 bits per heavy atom. The zero-order valence-electron chi connectivity index (χ0n) is 9.53. The summed E-state index contributed by atoms with van der Waals surface area (Å²) in [6, 6.07) is 10.5. The van der Waals surface area contributed by atoms with Crippen molar-refractivity contribution in [2.45, 2.75) is 31.7 Å². The van der Waals surface area contributed by atoms with E-state index in [2.05, 4.69) is 29.2 Å². The maximum absolute atomic E-state index is 6.20. The lowest BCUT2D eigenvalue weighted by Crippen LogP contribution is -2.24. The van der Waals surface area contributed by atoms with E-state index in [1.54, 1.807) is 0 Å². The Balaban J connectivity index is 2.14. The summed E-state index contributed by atoms with van der Waals surface area (Å²) < 4.78 is 0. The number of aromatic nitrogens is 1. The molecule has 1 aromatic carbocycles. The first kappa shape index (κ1) is 9.79. The highest BCUT2D eigenvalue weighted by molar-refractivity contribution is 5.82. The number of pyridine rings is 1. The Morgan fingerprint density at radius 1 is 1.31 bits per heavy atom. The third kappa shape index (κ3) is 1.69. The first-order valence-corrected chi connectivity index (χ1v) is 5.80. The van der Waals surface area contributed by atoms with Gasteiger partial charge in [-0.25, -0.2) is 0 Å². The summed E-state index contributed by atoms with van der Waals surface area (Å²) in [6.07, 6.45) is 3.29. The molecule has 2 heteroatoms. The van der Waals surface area contributed by atoms with Crippen LogP contribution in [0.2, 0.25) is 0 Å². The van der Waals surface area contributed by atoms with Gasteiger partial charge in [0.15, 0.2) is 0 Å². The molecule has 0 unspecified atom stereocenters. The minimum absolute atomic E-state index is 0.0660. The van der Waals surface area contributed by atoms with Crippen LogP contribution in [0.25, 0.3) is 10.9 Å². The number of para-hydroxylation sites is 1. The summed E-state index contributed by atoms with van der Waals surface area (Å²) >= 11 is 0. The molecule has 0 spiro atoms. The van der Waals surface area contributed by atoms with Gasteiger partial charge < -0.3 is 5.73 Å². The molecule has 1 heterocycles. The van der Waals surface area contributed by atoms with Gasteiger partial charge in [0.05, 0.1) is 5.52 Å². The van der Waals surface area contributed by atoms with Crippen molar-refractivity contribution in [1.82, 2.24) is 4.98 Å². The second-order valence-corrected chi connectivity index (χ2v) is 4.98. The molecular formula is C14H16N2. The molecule has 0 bridgehead atoms. The van der Waals surface area contributed by atoms with E-state index in [0.717, 1.165) is 30.5 Å². The average molecular weight is 212 g/mol. The van der Waals surface area contributed by atoms with Gasteiger partial charge in [0, 0.05) is 16.6 Å². The van der Waals surface area contributed by atoms with Gasteiger partial charge in [0.25, 0.3) is 0 Å². The number of aryl methyl sites for hydroxylation is 1. The van der Waals surface area contributed by atoms with Gasteiger partial charge >= 0.3 is 0 Å². The molecule has 1 aliphatic carbocycles. The molecule has 0 radical (unpaired) electrons. The Hall–Kier alpha value is -1.41. The maximum atomic E-state index is 6.20. The maximum Gasteiger partial charge on any atom is 0.0707 e. The normalized spacial score (nSPS) is 17.6. The topological polar surface area (TPSA) is 38.9 Å². The third-order valence-electron chi connectivity index (χ3n) is 3.36. The molecule has 0 amide bonds. The van der Waals surface area contributed by atoms with Gasteiger partial charge in [0.1, 0.15) is 0 Å². The first-order valence-electron chi connectivity index (χ1n) is 5.80. The number of nitrogens with two attached hydrogens (primary N) is 1. The van der Waals surface area contributed by atoms with E-state index < -0.39 is 0 Å². The molecule has 2 aromatic rings. The lowest BCUT2D eigenvalue weighted by molar-refractivity contribution is 0.674. The first-order chi connectivity index (χ1) is 7.66. The summed E-state index contributed by atoms with van der Waals surface area (Å²) in [7, 11) is 0. The van der Waals surface area contributed by atoms with Gasteiger partial charge in [0.2, 0.25) is 0 Å². The average Bonchev–Trinajstić information content (AvgIpc) is 2.96. The fourth-order valence-electron chi connectivity index (χ4n) is 2.26. The summed E-state index contributed by atoms with van der Waals surface area (Å²) in [5.41, 5.74) is 9.78. The van der Waals surface area contributed by atoms with Crippen molar-refractivity contribution < 1.29 is 0 Å². The summed E-state index contributed by atoms with van der Waals surface area (Å²) in [4.78, 5) is 4.55. The number of benzene rings is 1. The fourth-order valence-corrected chi connectivity index (χ4v) is 2.26. The van der Waals surface area contributed by atoms with E-state index in [-0.39, 0.29) is 5.54 Å². The molecule has 82 valence electrons. The minimum atomic E-state index is 0.0660. The van der Waals surface area contributed by atoms with Gasteiger partial charge in [-0.1, -0.05) is 18.2 Å². The van der Waals surface area contributed by atoms with Crippen LogP contribution in [0.5, 0.6) is 0 Å². The van der Waals surface area contributed by atoms with Crippen LogP contribution < -0.4 is 5.73 Å². The van der Waals surface area contributed by atoms with Gasteiger partial charge in [-0.2, -0.15) is 0 Å². The Labute approximate surface area is 95.5 Å². The van der Waals surface area contributed by atoms with Gasteiger partial charge in [-0.15, -0.1) is 0 Å². The monoisotopic (exact) mass is 212 g/mol. The number of hydrogen-bond acceptors (Lipinski definition) is 2. The van der Waals surface area contributed by atoms with E-state index in [4.69, 9.17) is 5.73 Å². The van der Waals surface area contributed by atoms with Crippen LogP contribution in [-0.2, 0) is 6.42 Å². The molecule has 3 rings (SSSR count). The zero-order valence-corrected chi connectivity index (χ0v) is 9.53. The van der Waals surface area contributed by atoms with Crippen LogP contribution in [0.1, 0.15) is 24.1 Å². The minimum Gasteiger partial charge on any atom is -0.325 e. The predicted molar refractivity (Wildman–Crippen MR) is 66.3 cm³/mol. The lowest BCUT2D eigenvalue weighted by atomic mass is 10.00. The van der Waals surface area contributed by atoms with Crippen LogP contribution >= 0.6 is 0 Å². The van der Waals surface area contributed by atoms with Crippen molar-refractivity contribution >= 4 is 10.9 Å². The van der Waals surface area contributed by atoms with Gasteiger partial charge in [-0.3, -0.25) is 4.98 Å². The summed E-state index contributed by atoms with van der Waals surface area (Å²) in [5.74, 6) is 0. The second-order valence-electron chi connectivity index (χ2n) is 4.98. The van der Waals surface area contributed by atoms with Crippen LogP contribution in [0.3, 0.4) is 0 Å². The summed E-state index contributed by atoms with van der Waals surface area (Å²) in [6.45, 7) is 2.05. The zero-order chi connectivity index (χ0) is 11.2. The molecule has 0 atom stereocenters. The molecule has 16 heavy (non-hydrogen) atoms. The number of nitrogens with zero attached hydrogens (tertiary/aromatic N) is 1. The molecule has 2 N–H and O–H groups in total. The Morgan fingerprint density at radius 2 is 2.06 bits per heavy atom. The SMILES string of the molecule is Cc1cc(CC2(N)CC2)c2ccccc2n1. The van der Waals surface area contributed by atoms with Crippen molar-refractivity contribution in [2.75, 3.05) is 0 Å². The number of fused-ring (bicyclic) bond motifs is 1. The van der Waals surface area contributed by atoms with E-state index >= 15 is 0 Å². The van der Waals surface area contributed by atoms with Crippen molar-refractivity contribution in [2.24, 2.45) is 5.73 Å². The highest BCUT2D eigenvalue weighted by atomic mass is 14.8. The van der Waals surface area contributed by atoms with E-state index in [1.807, 2.05) is 13.0 Å². The molecule has 0 saturated heterocycles. The highest BCUT2D eigenvalue weighted by Crippen LogP contribution is 2.37. The molecular weight excluding hydrogens is 196 g/mol. The van der Waals surface area contributed by atoms with Crippen LogP contribution in [0.15, 0.2) is 30.3 Å². The largest absolute Gasteiger partial charge is 0.325 e. The fraction of sp³-hybridized carbons (Fsp3) is 0.357. The van der Waals surface area contributed by atoms with Gasteiger partial charge in [-0.05, 0) is 43.9 Å². The second kappa shape index (κ2) is 3.29. The van der Waals surface area contributed by atoms with E-state index in [1.165, 1.54) is 10.9 Å². The van der Waals surface area contributed by atoms with Crippen LogP contribution in [0.4, 0.5) is 0 Å². The molecule has 0 aliphatic heterocycles. The highest BCUT2D eigenvalue weighted by Gasteiger charge is 2.38. The number of hydrogen-bond donors (Lipinski definition) is 1. The third-order valence-corrected chi connectivity index (χ3v) is 3.36. The lowest BCUT2D eigenvalue weighted by Gasteiger charge is -2.12. The summed E-state index contributed by atoms with van der Waals surface area (Å²) in [5, 5.41) is 1.25. The predicted octanol–water partition coefficient (Wildman–Crippen LogP) is 2.58. The number of rotatable bonds is 2. The van der Waals surface area contributed by atoms with Crippen LogP contribution in [-0.4, -0.2) is 10.5 Å². The Bertz CT molecular complexity index is 541. The van der Waals surface area contributed by atoms with Crippen LogP contribution in [0, 0.1) is 6.92 Å². The van der Waals surface area contributed by atoms with E-state index in [9.17, 15) is 0 Å². The van der Waals surface area contributed by atoms with Crippen molar-refractivity contribution in [3.05, 3.63) is 41.6 Å². The quantitative estimate of drug-likeness (QED) is 0.831. The Kier molecular flexibility index (Phi) is 2.01. The molecule has 1 fully saturated rings. The molecule has 2 nitrogen and oxygen atoms in total. The van der Waals surface area contributed by atoms with E-state index in [0.29, 0.717) is 0 Å². The standard InChI is InChI=1S/C14H16N2/c1-10-8-11(9-14(15)6-7-14)12-4-2-3-5-13(12)16-10/h2-5,8H,6-7,9,15H2,1H3. The smallest absolute Gasteiger partial charge is 0.0707 e. The van der Waals surface area contributed by atoms with Crippen molar-refractivity contribution in [1.29, 1.82) is 0 Å². The molecule has 1 aliphatic rings. The molecule has 1 saturated carbocycles. The van der Waals surface area contributed by atoms with Crippen molar-refractivity contribution in [3.8, 4) is 0 Å². The molecule has 1 aromatic heterocycles. The van der Waals surface area contributed by atoms with Crippen molar-refractivity contribution in [3.63, 3.8) is 0 Å².